The zero-order valence-electron chi connectivity index (χ0n) is 15.8. The van der Waals surface area contributed by atoms with Crippen molar-refractivity contribution < 1.29 is 4.79 Å². The van der Waals surface area contributed by atoms with E-state index in [1.807, 2.05) is 20.8 Å². The summed E-state index contributed by atoms with van der Waals surface area (Å²) in [5, 5.41) is 9.50. The van der Waals surface area contributed by atoms with E-state index in [-0.39, 0.29) is 29.9 Å². The van der Waals surface area contributed by atoms with E-state index in [9.17, 15) is 4.79 Å². The molecule has 0 atom stereocenters. The molecule has 0 unspecified atom stereocenters. The fourth-order valence-corrected chi connectivity index (χ4v) is 2.61. The van der Waals surface area contributed by atoms with Crippen molar-refractivity contribution in [3.63, 3.8) is 0 Å². The molecule has 1 fully saturated rings. The second-order valence-corrected chi connectivity index (χ2v) is 6.77. The number of hydrogen-bond acceptors (Lipinski definition) is 3. The third-order valence-electron chi connectivity index (χ3n) is 4.10. The Hall–Kier alpha value is -0.570. The van der Waals surface area contributed by atoms with Crippen molar-refractivity contribution in [2.24, 2.45) is 10.4 Å². The number of hydrogen-bond donors (Lipinski definition) is 3. The molecule has 1 amide bonds. The van der Waals surface area contributed by atoms with Gasteiger partial charge in [0.15, 0.2) is 5.96 Å². The van der Waals surface area contributed by atoms with Crippen molar-refractivity contribution in [3.8, 4) is 0 Å². The van der Waals surface area contributed by atoms with E-state index in [0.29, 0.717) is 13.1 Å². The molecule has 7 heteroatoms. The summed E-state index contributed by atoms with van der Waals surface area (Å²) in [5.41, 5.74) is -0.495. The lowest BCUT2D eigenvalue weighted by molar-refractivity contribution is -0.128. The number of aliphatic imine (C=N–C) groups is 1. The van der Waals surface area contributed by atoms with Crippen LogP contribution in [-0.4, -0.2) is 62.6 Å². The molecule has 1 aliphatic heterocycles. The highest BCUT2D eigenvalue weighted by Crippen LogP contribution is 2.15. The van der Waals surface area contributed by atoms with Crippen molar-refractivity contribution in [2.45, 2.75) is 47.0 Å². The van der Waals surface area contributed by atoms with Gasteiger partial charge in [-0.3, -0.25) is 9.79 Å². The van der Waals surface area contributed by atoms with Gasteiger partial charge in [0.2, 0.25) is 5.91 Å². The average molecular weight is 453 g/mol. The van der Waals surface area contributed by atoms with Gasteiger partial charge in [-0.2, -0.15) is 0 Å². The van der Waals surface area contributed by atoms with Crippen LogP contribution < -0.4 is 16.0 Å². The first-order valence-corrected chi connectivity index (χ1v) is 9.02. The molecule has 0 bridgehead atoms. The maximum atomic E-state index is 12.0. The lowest BCUT2D eigenvalue weighted by Crippen LogP contribution is -2.44. The third kappa shape index (κ3) is 9.05. The zero-order chi connectivity index (χ0) is 17.1. The van der Waals surface area contributed by atoms with Crippen LogP contribution >= 0.6 is 24.0 Å². The monoisotopic (exact) mass is 453 g/mol. The first-order valence-electron chi connectivity index (χ1n) is 9.02. The van der Waals surface area contributed by atoms with Crippen LogP contribution in [0.25, 0.3) is 0 Å². The highest BCUT2D eigenvalue weighted by Gasteiger charge is 2.26. The Morgan fingerprint density at radius 1 is 1.04 bits per heavy atom. The maximum absolute atomic E-state index is 12.0. The first-order chi connectivity index (χ1) is 11.0. The molecule has 0 spiro atoms. The van der Waals surface area contributed by atoms with Gasteiger partial charge in [-0.15, -0.1) is 24.0 Å². The summed E-state index contributed by atoms with van der Waals surface area (Å²) in [7, 11) is 0. The molecular formula is C17H36IN5O. The molecule has 3 N–H and O–H groups in total. The fourth-order valence-electron chi connectivity index (χ4n) is 2.61. The molecule has 6 nitrogen and oxygen atoms in total. The van der Waals surface area contributed by atoms with Gasteiger partial charge in [-0.25, -0.2) is 0 Å². The quantitative estimate of drug-likeness (QED) is 0.298. The van der Waals surface area contributed by atoms with Crippen molar-refractivity contribution >= 4 is 35.8 Å². The van der Waals surface area contributed by atoms with E-state index in [4.69, 9.17) is 0 Å². The predicted molar refractivity (Wildman–Crippen MR) is 112 cm³/mol. The number of carbonyl (C=O) groups excluding carboxylic acids is 1. The summed E-state index contributed by atoms with van der Waals surface area (Å²) in [6, 6.07) is 0. The molecule has 1 heterocycles. The van der Waals surface area contributed by atoms with Crippen molar-refractivity contribution in [2.75, 3.05) is 45.8 Å². The lowest BCUT2D eigenvalue weighted by atomic mass is 9.92. The van der Waals surface area contributed by atoms with Gasteiger partial charge >= 0.3 is 0 Å². The lowest BCUT2D eigenvalue weighted by Gasteiger charge is -2.27. The second-order valence-electron chi connectivity index (χ2n) is 6.77. The normalized spacial score (nSPS) is 16.2. The largest absolute Gasteiger partial charge is 0.357 e. The molecule has 0 saturated carbocycles. The van der Waals surface area contributed by atoms with E-state index >= 15 is 0 Å². The average Bonchev–Trinajstić information content (AvgIpc) is 2.54. The molecule has 24 heavy (non-hydrogen) atoms. The number of guanidine groups is 1. The summed E-state index contributed by atoms with van der Waals surface area (Å²) >= 11 is 0. The molecular weight excluding hydrogens is 417 g/mol. The molecule has 142 valence electrons. The third-order valence-corrected chi connectivity index (χ3v) is 4.10. The molecule has 1 aliphatic rings. The number of carbonyl (C=O) groups is 1. The Labute approximate surface area is 164 Å². The minimum Gasteiger partial charge on any atom is -0.357 e. The molecule has 0 aromatic heterocycles. The number of nitrogens with one attached hydrogen (secondary N) is 3. The van der Waals surface area contributed by atoms with Gasteiger partial charge in [0, 0.05) is 26.2 Å². The highest BCUT2D eigenvalue weighted by atomic mass is 127. The van der Waals surface area contributed by atoms with Gasteiger partial charge in [0.05, 0.1) is 12.0 Å². The highest BCUT2D eigenvalue weighted by molar-refractivity contribution is 14.0. The van der Waals surface area contributed by atoms with Crippen molar-refractivity contribution in [1.29, 1.82) is 0 Å². The summed E-state index contributed by atoms with van der Waals surface area (Å²) < 4.78 is 0. The van der Waals surface area contributed by atoms with E-state index in [1.54, 1.807) is 0 Å². The minimum absolute atomic E-state index is 0. The van der Waals surface area contributed by atoms with E-state index in [0.717, 1.165) is 25.6 Å². The second kappa shape index (κ2) is 12.7. The Bertz CT molecular complexity index is 381. The Morgan fingerprint density at radius 3 is 2.25 bits per heavy atom. The topological polar surface area (TPSA) is 68.8 Å². The van der Waals surface area contributed by atoms with Crippen LogP contribution in [0.1, 0.15) is 47.0 Å². The van der Waals surface area contributed by atoms with Gasteiger partial charge in [-0.05, 0) is 53.6 Å². The maximum Gasteiger partial charge on any atom is 0.227 e. The standard InChI is InChI=1S/C17H35N5O.HI/c1-5-18-15(23)17(3,4)14-21-16(19-6-2)20-10-13-22-11-8-7-9-12-22;/h5-14H2,1-4H3,(H,18,23)(H2,19,20,21);1H. The summed E-state index contributed by atoms with van der Waals surface area (Å²) in [6.07, 6.45) is 3.99. The first kappa shape index (κ1) is 23.4. The van der Waals surface area contributed by atoms with Crippen LogP contribution in [0.5, 0.6) is 0 Å². The predicted octanol–water partition coefficient (Wildman–Crippen LogP) is 1.81. The smallest absolute Gasteiger partial charge is 0.227 e. The Balaban J connectivity index is 0.00000529. The Morgan fingerprint density at radius 2 is 1.67 bits per heavy atom. The van der Waals surface area contributed by atoms with Crippen LogP contribution in [-0.2, 0) is 4.79 Å². The number of piperidine rings is 1. The zero-order valence-corrected chi connectivity index (χ0v) is 18.1. The van der Waals surface area contributed by atoms with Crippen LogP contribution in [0.3, 0.4) is 0 Å². The van der Waals surface area contributed by atoms with Gasteiger partial charge < -0.3 is 20.9 Å². The number of rotatable bonds is 8. The molecule has 1 rings (SSSR count). The van der Waals surface area contributed by atoms with Crippen molar-refractivity contribution in [3.05, 3.63) is 0 Å². The fraction of sp³-hybridized carbons (Fsp3) is 0.882. The minimum atomic E-state index is -0.495. The van der Waals surface area contributed by atoms with Gasteiger partial charge in [0.1, 0.15) is 0 Å². The number of halogens is 1. The SMILES string of the molecule is CCNC(=O)C(C)(C)CN=C(NCC)NCCN1CCCCC1.I. The molecule has 0 radical (unpaired) electrons. The number of nitrogens with zero attached hydrogens (tertiary/aromatic N) is 2. The summed E-state index contributed by atoms with van der Waals surface area (Å²) in [5.74, 6) is 0.842. The van der Waals surface area contributed by atoms with Crippen LogP contribution in [0.2, 0.25) is 0 Å². The van der Waals surface area contributed by atoms with E-state index < -0.39 is 5.41 Å². The number of amides is 1. The van der Waals surface area contributed by atoms with Crippen LogP contribution in [0.15, 0.2) is 4.99 Å². The van der Waals surface area contributed by atoms with Crippen LogP contribution in [0.4, 0.5) is 0 Å². The molecule has 0 aromatic carbocycles. The van der Waals surface area contributed by atoms with Crippen molar-refractivity contribution in [1.82, 2.24) is 20.9 Å². The summed E-state index contributed by atoms with van der Waals surface area (Å²) in [4.78, 5) is 19.1. The van der Waals surface area contributed by atoms with Gasteiger partial charge in [0.25, 0.3) is 0 Å². The van der Waals surface area contributed by atoms with Crippen LogP contribution in [0, 0.1) is 5.41 Å². The number of likely N-dealkylation sites (tertiary alicyclic amines) is 1. The Kier molecular flexibility index (Phi) is 12.4. The molecule has 0 aromatic rings. The molecule has 1 saturated heterocycles. The van der Waals surface area contributed by atoms with Gasteiger partial charge in [-0.1, -0.05) is 6.42 Å². The van der Waals surface area contributed by atoms with E-state index in [1.165, 1.54) is 32.4 Å². The molecule has 0 aliphatic carbocycles. The summed E-state index contributed by atoms with van der Waals surface area (Å²) in [6.45, 7) is 14.1. The van der Waals surface area contributed by atoms with E-state index in [2.05, 4.69) is 32.8 Å².